The second-order valence-electron chi connectivity index (χ2n) is 6.60. The average Bonchev–Trinajstić information content (AvgIpc) is 2.73. The van der Waals surface area contributed by atoms with E-state index in [4.69, 9.17) is 4.74 Å². The van der Waals surface area contributed by atoms with Crippen molar-refractivity contribution >= 4 is 11.8 Å². The van der Waals surface area contributed by atoms with Crippen LogP contribution in [-0.2, 0) is 16.1 Å². The van der Waals surface area contributed by atoms with Crippen molar-refractivity contribution in [1.29, 1.82) is 0 Å². The van der Waals surface area contributed by atoms with Crippen molar-refractivity contribution in [3.8, 4) is 0 Å². The fourth-order valence-electron chi connectivity index (χ4n) is 3.38. The number of likely N-dealkylation sites (tertiary alicyclic amines) is 1. The second-order valence-corrected chi connectivity index (χ2v) is 6.60. The van der Waals surface area contributed by atoms with Crippen molar-refractivity contribution in [2.75, 3.05) is 26.8 Å². The molecule has 0 N–H and O–H groups in total. The van der Waals surface area contributed by atoms with E-state index in [1.165, 1.54) is 7.11 Å². The van der Waals surface area contributed by atoms with E-state index in [1.54, 1.807) is 36.9 Å². The highest BCUT2D eigenvalue weighted by atomic mass is 16.5. The Hall–Kier alpha value is -2.80. The number of amides is 2. The van der Waals surface area contributed by atoms with Gasteiger partial charge >= 0.3 is 0 Å². The number of piperidine rings is 1. The van der Waals surface area contributed by atoms with Crippen LogP contribution in [0.5, 0.6) is 0 Å². The first-order valence-electron chi connectivity index (χ1n) is 9.05. The van der Waals surface area contributed by atoms with Crippen molar-refractivity contribution in [2.24, 2.45) is 0 Å². The Balaban J connectivity index is 1.75. The molecule has 0 aromatic carbocycles. The third kappa shape index (κ3) is 4.89. The predicted molar refractivity (Wildman–Crippen MR) is 99.8 cm³/mol. The summed E-state index contributed by atoms with van der Waals surface area (Å²) in [5, 5.41) is 0. The molecule has 1 unspecified atom stereocenters. The number of hydrogen-bond donors (Lipinski definition) is 0. The van der Waals surface area contributed by atoms with Crippen LogP contribution in [-0.4, -0.2) is 64.4 Å². The van der Waals surface area contributed by atoms with Crippen LogP contribution < -0.4 is 0 Å². The van der Waals surface area contributed by atoms with Gasteiger partial charge in [0.25, 0.3) is 5.91 Å². The zero-order valence-corrected chi connectivity index (χ0v) is 15.5. The van der Waals surface area contributed by atoms with E-state index < -0.39 is 0 Å². The molecule has 1 atom stereocenters. The molecule has 1 saturated heterocycles. The first kappa shape index (κ1) is 19.0. The molecule has 0 saturated carbocycles. The van der Waals surface area contributed by atoms with E-state index in [-0.39, 0.29) is 24.5 Å². The number of methoxy groups -OCH3 is 1. The molecule has 3 rings (SSSR count). The molecule has 0 spiro atoms. The maximum absolute atomic E-state index is 12.8. The summed E-state index contributed by atoms with van der Waals surface area (Å²) in [7, 11) is 1.51. The molecule has 1 aliphatic heterocycles. The molecule has 2 aromatic rings. The summed E-state index contributed by atoms with van der Waals surface area (Å²) >= 11 is 0. The fraction of sp³-hybridized carbons (Fsp3) is 0.400. The number of carbonyl (C=O) groups is 2. The first-order chi connectivity index (χ1) is 13.2. The van der Waals surface area contributed by atoms with Crippen LogP contribution >= 0.6 is 0 Å². The predicted octanol–water partition coefficient (Wildman–Crippen LogP) is 1.76. The third-order valence-electron chi connectivity index (χ3n) is 4.70. The second kappa shape index (κ2) is 9.23. The minimum absolute atomic E-state index is 0.0211. The number of carbonyl (C=O) groups excluding carboxylic acids is 2. The van der Waals surface area contributed by atoms with Gasteiger partial charge in [-0.05, 0) is 36.6 Å². The summed E-state index contributed by atoms with van der Waals surface area (Å²) in [6.07, 6.45) is 8.39. The molecule has 27 heavy (non-hydrogen) atoms. The lowest BCUT2D eigenvalue weighted by atomic mass is 10.0. The molecule has 1 aliphatic rings. The summed E-state index contributed by atoms with van der Waals surface area (Å²) in [5.41, 5.74) is 1.53. The normalized spacial score (nSPS) is 16.8. The van der Waals surface area contributed by atoms with E-state index in [1.807, 2.05) is 21.9 Å². The fourth-order valence-corrected chi connectivity index (χ4v) is 3.38. The molecule has 2 aromatic heterocycles. The molecular weight excluding hydrogens is 344 g/mol. The average molecular weight is 368 g/mol. The number of hydrogen-bond acceptors (Lipinski definition) is 5. The van der Waals surface area contributed by atoms with Crippen LogP contribution in [0.25, 0.3) is 0 Å². The zero-order chi connectivity index (χ0) is 19.1. The zero-order valence-electron chi connectivity index (χ0n) is 15.5. The Morgan fingerprint density at radius 3 is 2.67 bits per heavy atom. The van der Waals surface area contributed by atoms with Crippen LogP contribution in [0.1, 0.15) is 28.8 Å². The van der Waals surface area contributed by atoms with E-state index in [9.17, 15) is 9.59 Å². The monoisotopic (exact) mass is 368 g/mol. The highest BCUT2D eigenvalue weighted by molar-refractivity contribution is 5.94. The van der Waals surface area contributed by atoms with Crippen molar-refractivity contribution < 1.29 is 14.3 Å². The Morgan fingerprint density at radius 1 is 1.22 bits per heavy atom. The lowest BCUT2D eigenvalue weighted by molar-refractivity contribution is -0.139. The third-order valence-corrected chi connectivity index (χ3v) is 4.70. The molecule has 0 radical (unpaired) electrons. The van der Waals surface area contributed by atoms with Gasteiger partial charge < -0.3 is 14.5 Å². The molecule has 2 amide bonds. The first-order valence-corrected chi connectivity index (χ1v) is 9.05. The Morgan fingerprint density at radius 2 is 2.00 bits per heavy atom. The van der Waals surface area contributed by atoms with Gasteiger partial charge in [0.05, 0.1) is 5.56 Å². The highest BCUT2D eigenvalue weighted by Gasteiger charge is 2.31. The van der Waals surface area contributed by atoms with E-state index in [2.05, 4.69) is 9.97 Å². The van der Waals surface area contributed by atoms with Gasteiger partial charge in [-0.3, -0.25) is 19.6 Å². The summed E-state index contributed by atoms with van der Waals surface area (Å²) < 4.78 is 5.06. The van der Waals surface area contributed by atoms with Gasteiger partial charge in [0, 0.05) is 57.6 Å². The van der Waals surface area contributed by atoms with Crippen molar-refractivity contribution in [3.63, 3.8) is 0 Å². The molecule has 142 valence electrons. The number of pyridine rings is 2. The number of ether oxygens (including phenoxy) is 1. The van der Waals surface area contributed by atoms with Crippen LogP contribution in [0, 0.1) is 0 Å². The Bertz CT molecular complexity index is 754. The SMILES string of the molecule is COCC(=O)N(Cc1cccnc1)C1CCCN(C(=O)c2cccnc2)C1. The maximum atomic E-state index is 12.8. The molecular formula is C20H24N4O3. The summed E-state index contributed by atoms with van der Waals surface area (Å²) in [5.74, 6) is -0.129. The lowest BCUT2D eigenvalue weighted by Gasteiger charge is -2.39. The Kier molecular flexibility index (Phi) is 6.49. The van der Waals surface area contributed by atoms with Gasteiger partial charge in [0.1, 0.15) is 6.61 Å². The van der Waals surface area contributed by atoms with Gasteiger partial charge in [-0.2, -0.15) is 0 Å². The molecule has 3 heterocycles. The number of nitrogens with zero attached hydrogens (tertiary/aromatic N) is 4. The summed E-state index contributed by atoms with van der Waals surface area (Å²) in [4.78, 5) is 37.2. The van der Waals surface area contributed by atoms with Crippen molar-refractivity contribution in [1.82, 2.24) is 19.8 Å². The molecule has 1 fully saturated rings. The minimum Gasteiger partial charge on any atom is -0.375 e. The number of aromatic nitrogens is 2. The largest absolute Gasteiger partial charge is 0.375 e. The van der Waals surface area contributed by atoms with Crippen LogP contribution in [0.3, 0.4) is 0 Å². The summed E-state index contributed by atoms with van der Waals surface area (Å²) in [6, 6.07) is 7.27. The van der Waals surface area contributed by atoms with Gasteiger partial charge in [0.2, 0.25) is 5.91 Å². The van der Waals surface area contributed by atoms with E-state index in [0.717, 1.165) is 18.4 Å². The smallest absolute Gasteiger partial charge is 0.255 e. The van der Waals surface area contributed by atoms with Gasteiger partial charge in [-0.15, -0.1) is 0 Å². The highest BCUT2D eigenvalue weighted by Crippen LogP contribution is 2.20. The Labute approximate surface area is 159 Å². The standard InChI is InChI=1S/C20H24N4O3/c1-27-15-19(25)24(13-16-5-2-8-21-11-16)18-7-4-10-23(14-18)20(26)17-6-3-9-22-12-17/h2-3,5-6,8-9,11-12,18H,4,7,10,13-15H2,1H3. The molecule has 7 nitrogen and oxygen atoms in total. The lowest BCUT2D eigenvalue weighted by Crippen LogP contribution is -2.52. The van der Waals surface area contributed by atoms with Crippen LogP contribution in [0.4, 0.5) is 0 Å². The summed E-state index contributed by atoms with van der Waals surface area (Å²) in [6.45, 7) is 1.66. The van der Waals surface area contributed by atoms with Crippen LogP contribution in [0.15, 0.2) is 49.1 Å². The van der Waals surface area contributed by atoms with Gasteiger partial charge in [-0.1, -0.05) is 6.07 Å². The van der Waals surface area contributed by atoms with Crippen molar-refractivity contribution in [2.45, 2.75) is 25.4 Å². The van der Waals surface area contributed by atoms with Crippen LogP contribution in [0.2, 0.25) is 0 Å². The van der Waals surface area contributed by atoms with E-state index >= 15 is 0 Å². The topological polar surface area (TPSA) is 75.6 Å². The van der Waals surface area contributed by atoms with Crippen molar-refractivity contribution in [3.05, 3.63) is 60.2 Å². The molecule has 0 aliphatic carbocycles. The maximum Gasteiger partial charge on any atom is 0.255 e. The number of rotatable bonds is 6. The molecule has 7 heteroatoms. The minimum atomic E-state index is -0.0815. The van der Waals surface area contributed by atoms with E-state index in [0.29, 0.717) is 25.2 Å². The quantitative estimate of drug-likeness (QED) is 0.777. The van der Waals surface area contributed by atoms with Gasteiger partial charge in [0.15, 0.2) is 0 Å². The molecule has 0 bridgehead atoms. The van der Waals surface area contributed by atoms with Gasteiger partial charge in [-0.25, -0.2) is 0 Å².